The third-order valence-electron chi connectivity index (χ3n) is 5.73. The molecular weight excluding hydrogens is 360 g/mol. The van der Waals surface area contributed by atoms with Crippen LogP contribution in [-0.2, 0) is 10.0 Å². The Kier molecular flexibility index (Phi) is 4.68. The lowest BCUT2D eigenvalue weighted by atomic mass is 9.95. The van der Waals surface area contributed by atoms with Crippen LogP contribution in [0.1, 0.15) is 41.6 Å². The summed E-state index contributed by atoms with van der Waals surface area (Å²) in [7, 11) is -3.75. The number of anilines is 1. The van der Waals surface area contributed by atoms with Crippen LogP contribution in [0.4, 0.5) is 5.69 Å². The summed E-state index contributed by atoms with van der Waals surface area (Å²) in [6.07, 6.45) is 4.71. The number of aryl methyl sites for hydroxylation is 1. The highest BCUT2D eigenvalue weighted by molar-refractivity contribution is 7.92. The molecule has 3 atom stereocenters. The zero-order valence-corrected chi connectivity index (χ0v) is 16.1. The Bertz CT molecular complexity index is 971. The van der Waals surface area contributed by atoms with E-state index in [1.807, 2.05) is 13.0 Å². The van der Waals surface area contributed by atoms with E-state index in [4.69, 9.17) is 0 Å². The molecular formula is C21H24N2O3S. The molecule has 2 fully saturated rings. The quantitative estimate of drug-likeness (QED) is 0.825. The van der Waals surface area contributed by atoms with Gasteiger partial charge in [-0.25, -0.2) is 8.42 Å². The van der Waals surface area contributed by atoms with Crippen molar-refractivity contribution in [1.82, 2.24) is 5.32 Å². The van der Waals surface area contributed by atoms with Crippen molar-refractivity contribution < 1.29 is 13.2 Å². The molecule has 0 heterocycles. The molecule has 0 aromatic heterocycles. The van der Waals surface area contributed by atoms with Gasteiger partial charge in [0.1, 0.15) is 0 Å². The third kappa shape index (κ3) is 3.86. The van der Waals surface area contributed by atoms with Crippen LogP contribution in [0.5, 0.6) is 0 Å². The van der Waals surface area contributed by atoms with Crippen molar-refractivity contribution >= 4 is 21.6 Å². The van der Waals surface area contributed by atoms with Gasteiger partial charge < -0.3 is 5.32 Å². The van der Waals surface area contributed by atoms with Crippen LogP contribution < -0.4 is 10.0 Å². The first kappa shape index (κ1) is 18.0. The molecule has 4 rings (SSSR count). The molecule has 2 bridgehead atoms. The van der Waals surface area contributed by atoms with Crippen LogP contribution in [0.15, 0.2) is 53.4 Å². The average Bonchev–Trinajstić information content (AvgIpc) is 3.24. The SMILES string of the molecule is Cc1cccc(NS(=O)(=O)c2cccc(C(=O)N[C@@H]3CC4CCC3C4)c2)c1. The Balaban J connectivity index is 1.50. The first-order valence-electron chi connectivity index (χ1n) is 9.41. The Morgan fingerprint density at radius 2 is 1.85 bits per heavy atom. The number of carbonyl (C=O) groups excluding carboxylic acids is 1. The first-order valence-corrected chi connectivity index (χ1v) is 10.9. The minimum absolute atomic E-state index is 0.0876. The van der Waals surface area contributed by atoms with Crippen molar-refractivity contribution in [3.63, 3.8) is 0 Å². The number of nitrogens with one attached hydrogen (secondary N) is 2. The van der Waals surface area contributed by atoms with Gasteiger partial charge in [-0.05, 0) is 73.9 Å². The van der Waals surface area contributed by atoms with Gasteiger partial charge in [-0.15, -0.1) is 0 Å². The summed E-state index contributed by atoms with van der Waals surface area (Å²) < 4.78 is 28.0. The minimum atomic E-state index is -3.75. The molecule has 5 nitrogen and oxygen atoms in total. The van der Waals surface area contributed by atoms with E-state index in [9.17, 15) is 13.2 Å². The number of hydrogen-bond acceptors (Lipinski definition) is 3. The van der Waals surface area contributed by atoms with E-state index >= 15 is 0 Å². The summed E-state index contributed by atoms with van der Waals surface area (Å²) in [4.78, 5) is 12.7. The van der Waals surface area contributed by atoms with E-state index in [0.29, 0.717) is 17.2 Å². The molecule has 2 saturated carbocycles. The van der Waals surface area contributed by atoms with Crippen molar-refractivity contribution in [3.05, 3.63) is 59.7 Å². The molecule has 2 unspecified atom stereocenters. The Labute approximate surface area is 160 Å². The van der Waals surface area contributed by atoms with Crippen molar-refractivity contribution in [2.45, 2.75) is 43.5 Å². The fourth-order valence-electron chi connectivity index (χ4n) is 4.40. The maximum Gasteiger partial charge on any atom is 0.261 e. The molecule has 0 radical (unpaired) electrons. The molecule has 6 heteroatoms. The predicted octanol–water partition coefficient (Wildman–Crippen LogP) is 3.71. The van der Waals surface area contributed by atoms with Gasteiger partial charge in [0.2, 0.25) is 0 Å². The van der Waals surface area contributed by atoms with Crippen LogP contribution >= 0.6 is 0 Å². The van der Waals surface area contributed by atoms with Gasteiger partial charge in [0.15, 0.2) is 0 Å². The summed E-state index contributed by atoms with van der Waals surface area (Å²) in [5, 5.41) is 3.11. The molecule has 2 aromatic rings. The normalized spacial score (nSPS) is 24.0. The lowest BCUT2D eigenvalue weighted by Crippen LogP contribution is -2.38. The average molecular weight is 385 g/mol. The van der Waals surface area contributed by atoms with E-state index in [0.717, 1.165) is 17.9 Å². The van der Waals surface area contributed by atoms with Gasteiger partial charge in [-0.2, -0.15) is 0 Å². The van der Waals surface area contributed by atoms with Crippen molar-refractivity contribution in [1.29, 1.82) is 0 Å². The van der Waals surface area contributed by atoms with Gasteiger partial charge >= 0.3 is 0 Å². The number of hydrogen-bond donors (Lipinski definition) is 2. The molecule has 2 N–H and O–H groups in total. The molecule has 2 aliphatic carbocycles. The van der Waals surface area contributed by atoms with Gasteiger partial charge in [0.05, 0.1) is 4.90 Å². The smallest absolute Gasteiger partial charge is 0.261 e. The topological polar surface area (TPSA) is 75.3 Å². The first-order chi connectivity index (χ1) is 12.9. The molecule has 0 saturated heterocycles. The highest BCUT2D eigenvalue weighted by atomic mass is 32.2. The fourth-order valence-corrected chi connectivity index (χ4v) is 5.50. The predicted molar refractivity (Wildman–Crippen MR) is 105 cm³/mol. The monoisotopic (exact) mass is 384 g/mol. The summed E-state index contributed by atoms with van der Waals surface area (Å²) in [5.41, 5.74) is 1.85. The molecule has 2 aliphatic rings. The van der Waals surface area contributed by atoms with Crippen molar-refractivity contribution in [3.8, 4) is 0 Å². The molecule has 0 aliphatic heterocycles. The second kappa shape index (κ2) is 7.00. The van der Waals surface area contributed by atoms with Crippen molar-refractivity contribution in [2.24, 2.45) is 11.8 Å². The summed E-state index contributed by atoms with van der Waals surface area (Å²) in [5.74, 6) is 1.12. The van der Waals surface area contributed by atoms with E-state index < -0.39 is 10.0 Å². The summed E-state index contributed by atoms with van der Waals surface area (Å²) in [6, 6.07) is 13.6. The molecule has 27 heavy (non-hydrogen) atoms. The molecule has 1 amide bonds. The second-order valence-corrected chi connectivity index (χ2v) is 9.44. The largest absolute Gasteiger partial charge is 0.349 e. The van der Waals surface area contributed by atoms with E-state index in [1.165, 1.54) is 31.4 Å². The van der Waals surface area contributed by atoms with E-state index in [-0.39, 0.29) is 16.8 Å². The number of rotatable bonds is 5. The maximum absolute atomic E-state index is 12.7. The number of sulfonamides is 1. The number of amides is 1. The number of benzene rings is 2. The van der Waals surface area contributed by atoms with E-state index in [2.05, 4.69) is 10.0 Å². The Morgan fingerprint density at radius 1 is 1.04 bits per heavy atom. The minimum Gasteiger partial charge on any atom is -0.349 e. The number of carbonyl (C=O) groups is 1. The van der Waals surface area contributed by atoms with Crippen LogP contribution in [0, 0.1) is 18.8 Å². The van der Waals surface area contributed by atoms with Gasteiger partial charge in [0, 0.05) is 17.3 Å². The molecule has 2 aromatic carbocycles. The Hall–Kier alpha value is -2.34. The Morgan fingerprint density at radius 3 is 2.56 bits per heavy atom. The lowest BCUT2D eigenvalue weighted by molar-refractivity contribution is 0.0922. The van der Waals surface area contributed by atoms with Gasteiger partial charge in [0.25, 0.3) is 15.9 Å². The summed E-state index contributed by atoms with van der Waals surface area (Å²) >= 11 is 0. The lowest BCUT2D eigenvalue weighted by Gasteiger charge is -2.23. The van der Waals surface area contributed by atoms with Crippen molar-refractivity contribution in [2.75, 3.05) is 4.72 Å². The van der Waals surface area contributed by atoms with Gasteiger partial charge in [-0.1, -0.05) is 24.6 Å². The second-order valence-electron chi connectivity index (χ2n) is 7.76. The number of fused-ring (bicyclic) bond motifs is 2. The third-order valence-corrected chi connectivity index (χ3v) is 7.11. The zero-order chi connectivity index (χ0) is 19.0. The zero-order valence-electron chi connectivity index (χ0n) is 15.3. The molecule has 142 valence electrons. The fraction of sp³-hybridized carbons (Fsp3) is 0.381. The van der Waals surface area contributed by atoms with Crippen LogP contribution in [0.3, 0.4) is 0 Å². The summed E-state index contributed by atoms with van der Waals surface area (Å²) in [6.45, 7) is 1.90. The highest BCUT2D eigenvalue weighted by Gasteiger charge is 2.40. The molecule has 0 spiro atoms. The maximum atomic E-state index is 12.7. The van der Waals surface area contributed by atoms with Crippen LogP contribution in [0.2, 0.25) is 0 Å². The highest BCUT2D eigenvalue weighted by Crippen LogP contribution is 2.44. The van der Waals surface area contributed by atoms with Crippen LogP contribution in [0.25, 0.3) is 0 Å². The van der Waals surface area contributed by atoms with Gasteiger partial charge in [-0.3, -0.25) is 9.52 Å². The van der Waals surface area contributed by atoms with E-state index in [1.54, 1.807) is 30.3 Å². The standard InChI is InChI=1S/C21H24N2O3S/c1-14-4-2-6-18(10-14)23-27(25,26)19-7-3-5-17(13-19)21(24)22-20-12-15-8-9-16(20)11-15/h2-7,10,13,15-16,20,23H,8-9,11-12H2,1H3,(H,22,24)/t15?,16?,20-/m1/s1. The van der Waals surface area contributed by atoms with Crippen LogP contribution in [-0.4, -0.2) is 20.4 Å².